The van der Waals surface area contributed by atoms with Gasteiger partial charge < -0.3 is 10.1 Å². The Morgan fingerprint density at radius 1 is 1.15 bits per heavy atom. The zero-order valence-electron chi connectivity index (χ0n) is 12.1. The van der Waals surface area contributed by atoms with Crippen molar-refractivity contribution in [2.45, 2.75) is 25.3 Å². The van der Waals surface area contributed by atoms with Gasteiger partial charge in [-0.05, 0) is 37.6 Å². The Hall–Kier alpha value is -1.80. The van der Waals surface area contributed by atoms with Gasteiger partial charge >= 0.3 is 0 Å². The van der Waals surface area contributed by atoms with E-state index in [1.54, 1.807) is 0 Å². The van der Waals surface area contributed by atoms with Crippen molar-refractivity contribution >= 4 is 0 Å². The van der Waals surface area contributed by atoms with E-state index in [0.29, 0.717) is 12.0 Å². The third kappa shape index (κ3) is 2.44. The molecule has 0 aromatic heterocycles. The van der Waals surface area contributed by atoms with Crippen molar-refractivity contribution in [3.8, 4) is 5.75 Å². The van der Waals surface area contributed by atoms with Gasteiger partial charge in [0.2, 0.25) is 0 Å². The molecule has 2 atom stereocenters. The predicted molar refractivity (Wildman–Crippen MR) is 82.4 cm³/mol. The Bertz CT molecular complexity index is 593. The minimum Gasteiger partial charge on any atom is -0.493 e. The molecular formula is C18H21NO. The molecule has 20 heavy (non-hydrogen) atoms. The summed E-state index contributed by atoms with van der Waals surface area (Å²) in [5, 5.41) is 3.48. The van der Waals surface area contributed by atoms with Crippen LogP contribution in [0.25, 0.3) is 0 Å². The van der Waals surface area contributed by atoms with Gasteiger partial charge in [0.25, 0.3) is 0 Å². The molecule has 0 saturated carbocycles. The van der Waals surface area contributed by atoms with Crippen molar-refractivity contribution in [1.82, 2.24) is 5.32 Å². The Morgan fingerprint density at radius 2 is 1.90 bits per heavy atom. The lowest BCUT2D eigenvalue weighted by Crippen LogP contribution is -2.35. The van der Waals surface area contributed by atoms with E-state index >= 15 is 0 Å². The number of nitrogens with one attached hydrogen (secondary N) is 1. The van der Waals surface area contributed by atoms with Gasteiger partial charge in [-0.3, -0.25) is 0 Å². The Morgan fingerprint density at radius 3 is 2.70 bits per heavy atom. The number of fused-ring (bicyclic) bond motifs is 1. The summed E-state index contributed by atoms with van der Waals surface area (Å²) in [4.78, 5) is 0. The molecule has 0 amide bonds. The van der Waals surface area contributed by atoms with Gasteiger partial charge in [-0.1, -0.05) is 42.5 Å². The smallest absolute Gasteiger partial charge is 0.122 e. The average Bonchev–Trinajstić information content (AvgIpc) is 2.90. The van der Waals surface area contributed by atoms with Crippen LogP contribution in [-0.4, -0.2) is 19.7 Å². The monoisotopic (exact) mass is 267 g/mol. The first-order chi connectivity index (χ1) is 9.79. The molecule has 2 unspecified atom stereocenters. The Kier molecular flexibility index (Phi) is 3.75. The van der Waals surface area contributed by atoms with Gasteiger partial charge in [-0.2, -0.15) is 0 Å². The number of para-hydroxylation sites is 1. The van der Waals surface area contributed by atoms with E-state index < -0.39 is 0 Å². The van der Waals surface area contributed by atoms with Crippen molar-refractivity contribution in [3.05, 3.63) is 65.2 Å². The number of rotatable bonds is 4. The number of hydrogen-bond donors (Lipinski definition) is 1. The minimum atomic E-state index is 0.403. The summed E-state index contributed by atoms with van der Waals surface area (Å²) in [6, 6.07) is 17.4. The van der Waals surface area contributed by atoms with Crippen LogP contribution < -0.4 is 10.1 Å². The van der Waals surface area contributed by atoms with Gasteiger partial charge in [-0.15, -0.1) is 0 Å². The largest absolute Gasteiger partial charge is 0.493 e. The van der Waals surface area contributed by atoms with E-state index in [0.717, 1.165) is 18.8 Å². The topological polar surface area (TPSA) is 21.3 Å². The second-order valence-corrected chi connectivity index (χ2v) is 5.48. The van der Waals surface area contributed by atoms with E-state index in [4.69, 9.17) is 4.74 Å². The average molecular weight is 267 g/mol. The van der Waals surface area contributed by atoms with Gasteiger partial charge in [-0.25, -0.2) is 0 Å². The molecule has 0 bridgehead atoms. The zero-order chi connectivity index (χ0) is 13.9. The molecule has 1 aliphatic rings. The molecule has 0 saturated heterocycles. The van der Waals surface area contributed by atoms with Crippen LogP contribution in [0.2, 0.25) is 0 Å². The minimum absolute atomic E-state index is 0.403. The molecule has 2 heteroatoms. The Balaban J connectivity index is 1.83. The molecular weight excluding hydrogens is 246 g/mol. The van der Waals surface area contributed by atoms with E-state index in [9.17, 15) is 0 Å². The normalized spacial score (nSPS) is 18.4. The fraction of sp³-hybridized carbons (Fsp3) is 0.333. The van der Waals surface area contributed by atoms with Gasteiger partial charge in [0.1, 0.15) is 5.75 Å². The van der Waals surface area contributed by atoms with Crippen molar-refractivity contribution < 1.29 is 4.74 Å². The summed E-state index contributed by atoms with van der Waals surface area (Å²) < 4.78 is 5.82. The maximum Gasteiger partial charge on any atom is 0.122 e. The van der Waals surface area contributed by atoms with Crippen LogP contribution in [0.5, 0.6) is 5.75 Å². The second-order valence-electron chi connectivity index (χ2n) is 5.48. The molecule has 0 radical (unpaired) electrons. The van der Waals surface area contributed by atoms with Gasteiger partial charge in [0.15, 0.2) is 0 Å². The summed E-state index contributed by atoms with van der Waals surface area (Å²) >= 11 is 0. The van der Waals surface area contributed by atoms with Crippen molar-refractivity contribution in [3.63, 3.8) is 0 Å². The SMILES string of the molecule is CNC(Cc1ccccc1C)C1COc2ccccc21. The maximum absolute atomic E-state index is 5.82. The first-order valence-corrected chi connectivity index (χ1v) is 7.23. The number of benzene rings is 2. The molecule has 2 aromatic carbocycles. The van der Waals surface area contributed by atoms with Crippen LogP contribution in [0, 0.1) is 6.92 Å². The fourth-order valence-electron chi connectivity index (χ4n) is 3.04. The van der Waals surface area contributed by atoms with Gasteiger partial charge in [0, 0.05) is 17.5 Å². The highest BCUT2D eigenvalue weighted by atomic mass is 16.5. The standard InChI is InChI=1S/C18H21NO/c1-13-7-3-4-8-14(13)11-17(19-2)16-12-20-18-10-6-5-9-15(16)18/h3-10,16-17,19H,11-12H2,1-2H3. The molecule has 0 aliphatic carbocycles. The highest BCUT2D eigenvalue weighted by Gasteiger charge is 2.30. The molecule has 2 aromatic rings. The third-order valence-electron chi connectivity index (χ3n) is 4.29. The molecule has 2 nitrogen and oxygen atoms in total. The van der Waals surface area contributed by atoms with E-state index in [-0.39, 0.29) is 0 Å². The third-order valence-corrected chi connectivity index (χ3v) is 4.29. The first-order valence-electron chi connectivity index (χ1n) is 7.23. The lowest BCUT2D eigenvalue weighted by molar-refractivity contribution is 0.302. The summed E-state index contributed by atoms with van der Waals surface area (Å²) in [5.41, 5.74) is 4.11. The molecule has 1 aliphatic heterocycles. The van der Waals surface area contributed by atoms with Crippen LogP contribution in [0.3, 0.4) is 0 Å². The summed E-state index contributed by atoms with van der Waals surface area (Å²) in [6.07, 6.45) is 1.03. The number of ether oxygens (including phenoxy) is 1. The van der Waals surface area contributed by atoms with Crippen molar-refractivity contribution in [1.29, 1.82) is 0 Å². The molecule has 3 rings (SSSR count). The maximum atomic E-state index is 5.82. The van der Waals surface area contributed by atoms with E-state index in [2.05, 4.69) is 54.7 Å². The summed E-state index contributed by atoms with van der Waals surface area (Å²) in [5.74, 6) is 1.47. The zero-order valence-corrected chi connectivity index (χ0v) is 12.1. The fourth-order valence-corrected chi connectivity index (χ4v) is 3.04. The van der Waals surface area contributed by atoms with Crippen molar-refractivity contribution in [2.24, 2.45) is 0 Å². The van der Waals surface area contributed by atoms with Crippen LogP contribution in [0.15, 0.2) is 48.5 Å². The predicted octanol–water partition coefficient (Wildman–Crippen LogP) is 3.30. The quantitative estimate of drug-likeness (QED) is 0.917. The highest BCUT2D eigenvalue weighted by Crippen LogP contribution is 2.36. The number of hydrogen-bond acceptors (Lipinski definition) is 2. The van der Waals surface area contributed by atoms with Crippen LogP contribution >= 0.6 is 0 Å². The second kappa shape index (κ2) is 5.68. The molecule has 104 valence electrons. The summed E-state index contributed by atoms with van der Waals surface area (Å²) in [6.45, 7) is 2.96. The molecule has 0 fully saturated rings. The Labute approximate surface area is 120 Å². The lowest BCUT2D eigenvalue weighted by atomic mass is 9.88. The molecule has 1 heterocycles. The first kappa shape index (κ1) is 13.2. The van der Waals surface area contributed by atoms with Crippen LogP contribution in [-0.2, 0) is 6.42 Å². The van der Waals surface area contributed by atoms with E-state index in [1.165, 1.54) is 16.7 Å². The van der Waals surface area contributed by atoms with E-state index in [1.807, 2.05) is 13.1 Å². The van der Waals surface area contributed by atoms with Crippen LogP contribution in [0.4, 0.5) is 0 Å². The number of likely N-dealkylation sites (N-methyl/N-ethyl adjacent to an activating group) is 1. The summed E-state index contributed by atoms with van der Waals surface area (Å²) in [7, 11) is 2.05. The highest BCUT2D eigenvalue weighted by molar-refractivity contribution is 5.41. The van der Waals surface area contributed by atoms with Gasteiger partial charge in [0.05, 0.1) is 6.61 Å². The molecule has 0 spiro atoms. The van der Waals surface area contributed by atoms with Crippen molar-refractivity contribution in [2.75, 3.05) is 13.7 Å². The van der Waals surface area contributed by atoms with Crippen LogP contribution in [0.1, 0.15) is 22.6 Å². The lowest BCUT2D eigenvalue weighted by Gasteiger charge is -2.23. The molecule has 1 N–H and O–H groups in total. The number of aryl methyl sites for hydroxylation is 1.